The molecule has 0 aliphatic heterocycles. The van der Waals surface area contributed by atoms with E-state index in [-0.39, 0.29) is 30.2 Å². The predicted molar refractivity (Wildman–Crippen MR) is 137 cm³/mol. The third kappa shape index (κ3) is 7.87. The summed E-state index contributed by atoms with van der Waals surface area (Å²) in [6.07, 6.45) is 1.29. The molecule has 8 heteroatoms. The van der Waals surface area contributed by atoms with Crippen LogP contribution in [-0.2, 0) is 21.9 Å². The maximum Gasteiger partial charge on any atom is 0.243 e. The van der Waals surface area contributed by atoms with E-state index in [1.165, 1.54) is 11.8 Å². The summed E-state index contributed by atoms with van der Waals surface area (Å²) in [6.45, 7) is 6.02. The predicted octanol–water partition coefficient (Wildman–Crippen LogP) is 6.60. The van der Waals surface area contributed by atoms with Gasteiger partial charge in [-0.05, 0) is 49.6 Å². The molecule has 0 radical (unpaired) electrons. The molecule has 0 heterocycles. The second kappa shape index (κ2) is 13.3. The monoisotopic (exact) mass is 514 g/mol. The number of carbonyl (C=O) groups is 2. The van der Waals surface area contributed by atoms with Gasteiger partial charge in [0.25, 0.3) is 0 Å². The highest BCUT2D eigenvalue weighted by molar-refractivity contribution is 7.99. The topological polar surface area (TPSA) is 49.4 Å². The molecule has 0 aliphatic carbocycles. The van der Waals surface area contributed by atoms with Crippen molar-refractivity contribution in [3.05, 3.63) is 68.7 Å². The van der Waals surface area contributed by atoms with Gasteiger partial charge in [-0.1, -0.05) is 66.8 Å². The van der Waals surface area contributed by atoms with E-state index in [4.69, 9.17) is 34.8 Å². The summed E-state index contributed by atoms with van der Waals surface area (Å²) in [5.74, 6) is 0.601. The van der Waals surface area contributed by atoms with E-state index in [1.807, 2.05) is 45.0 Å². The Labute approximate surface area is 210 Å². The van der Waals surface area contributed by atoms with Gasteiger partial charge in [0, 0.05) is 39.0 Å². The van der Waals surface area contributed by atoms with E-state index in [1.54, 1.807) is 23.1 Å². The van der Waals surface area contributed by atoms with Crippen LogP contribution in [0.3, 0.4) is 0 Å². The molecule has 1 N–H and O–H groups in total. The minimum atomic E-state index is -0.611. The molecular formula is C24H29Cl3N2O2S. The van der Waals surface area contributed by atoms with Crippen molar-refractivity contribution >= 4 is 58.4 Å². The molecule has 2 amide bonds. The molecule has 2 aromatic rings. The minimum Gasteiger partial charge on any atom is -0.352 e. The summed E-state index contributed by atoms with van der Waals surface area (Å²) >= 11 is 20.2. The first-order valence-corrected chi connectivity index (χ1v) is 12.9. The molecule has 0 aromatic heterocycles. The number of carbonyl (C=O) groups excluding carboxylic acids is 2. The van der Waals surface area contributed by atoms with Crippen LogP contribution >= 0.6 is 46.6 Å². The van der Waals surface area contributed by atoms with Crippen LogP contribution in [0, 0.1) is 0 Å². The summed E-state index contributed by atoms with van der Waals surface area (Å²) in [6, 6.07) is 12.2. The average Bonchev–Trinajstić information content (AvgIpc) is 2.76. The molecule has 2 atom stereocenters. The Kier molecular flexibility index (Phi) is 11.2. The Morgan fingerprint density at radius 2 is 1.62 bits per heavy atom. The molecule has 0 unspecified atom stereocenters. The average molecular weight is 516 g/mol. The Morgan fingerprint density at radius 3 is 2.19 bits per heavy atom. The molecule has 2 aromatic carbocycles. The van der Waals surface area contributed by atoms with E-state index in [0.717, 1.165) is 12.0 Å². The van der Waals surface area contributed by atoms with Crippen molar-refractivity contribution in [1.29, 1.82) is 0 Å². The zero-order valence-electron chi connectivity index (χ0n) is 18.5. The number of hydrogen-bond acceptors (Lipinski definition) is 3. The van der Waals surface area contributed by atoms with E-state index in [2.05, 4.69) is 5.32 Å². The van der Waals surface area contributed by atoms with Crippen molar-refractivity contribution in [2.24, 2.45) is 0 Å². The van der Waals surface area contributed by atoms with Crippen molar-refractivity contribution in [2.75, 3.05) is 5.75 Å². The SMILES string of the molecule is CC[C@@H](C)NC(=O)[C@H](CC)N(Cc1c(Cl)cccc1Cl)C(=O)CSCc1ccc(Cl)cc1. The maximum absolute atomic E-state index is 13.3. The lowest BCUT2D eigenvalue weighted by Gasteiger charge is -2.32. The zero-order valence-corrected chi connectivity index (χ0v) is 21.6. The fraction of sp³-hybridized carbons (Fsp3) is 0.417. The summed E-state index contributed by atoms with van der Waals surface area (Å²) in [5, 5.41) is 4.62. The molecule has 4 nitrogen and oxygen atoms in total. The van der Waals surface area contributed by atoms with Crippen molar-refractivity contribution in [3.8, 4) is 0 Å². The number of hydrogen-bond donors (Lipinski definition) is 1. The molecule has 0 fully saturated rings. The van der Waals surface area contributed by atoms with E-state index in [0.29, 0.717) is 32.8 Å². The molecule has 0 saturated carbocycles. The lowest BCUT2D eigenvalue weighted by Crippen LogP contribution is -2.51. The van der Waals surface area contributed by atoms with Gasteiger partial charge >= 0.3 is 0 Å². The van der Waals surface area contributed by atoms with E-state index < -0.39 is 6.04 Å². The number of halogens is 3. The van der Waals surface area contributed by atoms with E-state index in [9.17, 15) is 9.59 Å². The van der Waals surface area contributed by atoms with Crippen molar-refractivity contribution < 1.29 is 9.59 Å². The Hall–Kier alpha value is -1.40. The number of rotatable bonds is 11. The molecule has 0 bridgehead atoms. The quantitative estimate of drug-likeness (QED) is 0.367. The minimum absolute atomic E-state index is 0.0247. The largest absolute Gasteiger partial charge is 0.352 e. The van der Waals surface area contributed by atoms with Crippen LogP contribution in [-0.4, -0.2) is 34.6 Å². The smallest absolute Gasteiger partial charge is 0.243 e. The van der Waals surface area contributed by atoms with Gasteiger partial charge in [-0.25, -0.2) is 0 Å². The number of amides is 2. The van der Waals surface area contributed by atoms with Crippen LogP contribution in [0.4, 0.5) is 0 Å². The van der Waals surface area contributed by atoms with Gasteiger partial charge in [-0.3, -0.25) is 9.59 Å². The first kappa shape index (κ1) is 26.8. The lowest BCUT2D eigenvalue weighted by molar-refractivity contribution is -0.139. The first-order valence-electron chi connectivity index (χ1n) is 10.6. The van der Waals surface area contributed by atoms with Crippen LogP contribution in [0.5, 0.6) is 0 Å². The fourth-order valence-corrected chi connectivity index (χ4v) is 4.65. The van der Waals surface area contributed by atoms with Gasteiger partial charge in [-0.15, -0.1) is 11.8 Å². The molecule has 32 heavy (non-hydrogen) atoms. The van der Waals surface area contributed by atoms with Gasteiger partial charge in [-0.2, -0.15) is 0 Å². The summed E-state index contributed by atoms with van der Waals surface area (Å²) in [5.41, 5.74) is 1.72. The highest BCUT2D eigenvalue weighted by Crippen LogP contribution is 2.27. The summed E-state index contributed by atoms with van der Waals surface area (Å²) < 4.78 is 0. The van der Waals surface area contributed by atoms with Gasteiger partial charge in [0.2, 0.25) is 11.8 Å². The number of thioether (sulfide) groups is 1. The van der Waals surface area contributed by atoms with Crippen LogP contribution in [0.25, 0.3) is 0 Å². The second-order valence-corrected chi connectivity index (χ2v) is 9.82. The number of benzene rings is 2. The zero-order chi connectivity index (χ0) is 23.7. The van der Waals surface area contributed by atoms with Crippen LogP contribution in [0.1, 0.15) is 44.7 Å². The van der Waals surface area contributed by atoms with Gasteiger partial charge in [0.15, 0.2) is 0 Å². The highest BCUT2D eigenvalue weighted by atomic mass is 35.5. The van der Waals surface area contributed by atoms with Crippen molar-refractivity contribution in [2.45, 2.75) is 58.0 Å². The first-order chi connectivity index (χ1) is 15.3. The molecule has 0 saturated heterocycles. The Bertz CT molecular complexity index is 888. The summed E-state index contributed by atoms with van der Waals surface area (Å²) in [4.78, 5) is 27.9. The van der Waals surface area contributed by atoms with Crippen LogP contribution < -0.4 is 5.32 Å². The van der Waals surface area contributed by atoms with Crippen LogP contribution in [0.15, 0.2) is 42.5 Å². The molecule has 0 spiro atoms. The third-order valence-electron chi connectivity index (χ3n) is 5.18. The molecular weight excluding hydrogens is 487 g/mol. The van der Waals surface area contributed by atoms with E-state index >= 15 is 0 Å². The number of nitrogens with one attached hydrogen (secondary N) is 1. The lowest BCUT2D eigenvalue weighted by atomic mass is 10.1. The molecule has 174 valence electrons. The Morgan fingerprint density at radius 1 is 1.00 bits per heavy atom. The van der Waals surface area contributed by atoms with Gasteiger partial charge in [0.05, 0.1) is 5.75 Å². The Balaban J connectivity index is 2.20. The number of nitrogens with zero attached hydrogens (tertiary/aromatic N) is 1. The maximum atomic E-state index is 13.3. The van der Waals surface area contributed by atoms with Gasteiger partial charge in [0.1, 0.15) is 6.04 Å². The third-order valence-corrected chi connectivity index (χ3v) is 7.13. The van der Waals surface area contributed by atoms with Crippen LogP contribution in [0.2, 0.25) is 15.1 Å². The fourth-order valence-electron chi connectivity index (χ4n) is 3.13. The van der Waals surface area contributed by atoms with Crippen molar-refractivity contribution in [1.82, 2.24) is 10.2 Å². The second-order valence-electron chi connectivity index (χ2n) is 7.58. The highest BCUT2D eigenvalue weighted by Gasteiger charge is 2.30. The van der Waals surface area contributed by atoms with Crippen molar-refractivity contribution in [3.63, 3.8) is 0 Å². The summed E-state index contributed by atoms with van der Waals surface area (Å²) in [7, 11) is 0. The standard InChI is InChI=1S/C24H29Cl3N2O2S/c1-4-16(3)28-24(31)22(5-2)29(13-19-20(26)7-6-8-21(19)27)23(30)15-32-14-17-9-11-18(25)12-10-17/h6-12,16,22H,4-5,13-15H2,1-3H3,(H,28,31)/t16-,22+/m1/s1. The normalized spacial score (nSPS) is 12.8. The molecule has 0 aliphatic rings. The van der Waals surface area contributed by atoms with Gasteiger partial charge < -0.3 is 10.2 Å². The molecule has 2 rings (SSSR count).